The Bertz CT molecular complexity index is 581. The molecule has 104 valence electrons. The van der Waals surface area contributed by atoms with Crippen molar-refractivity contribution in [3.63, 3.8) is 0 Å². The average Bonchev–Trinajstić information content (AvgIpc) is 2.46. The zero-order valence-electron chi connectivity index (χ0n) is 11.8. The van der Waals surface area contributed by atoms with Crippen LogP contribution >= 0.6 is 0 Å². The van der Waals surface area contributed by atoms with E-state index in [2.05, 4.69) is 4.98 Å². The maximum Gasteiger partial charge on any atom is 0.254 e. The van der Waals surface area contributed by atoms with Crippen LogP contribution < -0.4 is 5.73 Å². The number of amides is 1. The fraction of sp³-hybridized carbons (Fsp3) is 0.250. The van der Waals surface area contributed by atoms with Crippen LogP contribution in [0.15, 0.2) is 48.8 Å². The summed E-state index contributed by atoms with van der Waals surface area (Å²) in [7, 11) is 0. The van der Waals surface area contributed by atoms with Crippen molar-refractivity contribution in [2.24, 2.45) is 0 Å². The van der Waals surface area contributed by atoms with Crippen molar-refractivity contribution in [2.75, 3.05) is 5.73 Å². The van der Waals surface area contributed by atoms with Crippen LogP contribution in [0.3, 0.4) is 0 Å². The lowest BCUT2D eigenvalue weighted by Crippen LogP contribution is -2.36. The molecule has 0 aliphatic rings. The monoisotopic (exact) mass is 269 g/mol. The Hall–Kier alpha value is -2.36. The zero-order chi connectivity index (χ0) is 14.5. The summed E-state index contributed by atoms with van der Waals surface area (Å²) in [6.07, 6.45) is 3.26. The molecule has 2 aromatic rings. The van der Waals surface area contributed by atoms with Crippen LogP contribution in [0.2, 0.25) is 0 Å². The van der Waals surface area contributed by atoms with Crippen LogP contribution in [0.1, 0.15) is 29.8 Å². The summed E-state index contributed by atoms with van der Waals surface area (Å²) in [5.74, 6) is -0.00865. The van der Waals surface area contributed by atoms with E-state index in [9.17, 15) is 4.79 Å². The first-order valence-electron chi connectivity index (χ1n) is 6.64. The fourth-order valence-electron chi connectivity index (χ4n) is 2.01. The summed E-state index contributed by atoms with van der Waals surface area (Å²) >= 11 is 0. The van der Waals surface area contributed by atoms with Gasteiger partial charge in [-0.1, -0.05) is 18.2 Å². The number of aromatic nitrogens is 1. The molecule has 0 saturated carbocycles. The molecule has 0 atom stereocenters. The molecule has 20 heavy (non-hydrogen) atoms. The SMILES string of the molecule is CC(C)N(Cc1ccccc1N)C(=O)c1ccncc1. The topological polar surface area (TPSA) is 59.2 Å². The predicted octanol–water partition coefficient (Wildman–Crippen LogP) is 2.71. The summed E-state index contributed by atoms with van der Waals surface area (Å²) in [6, 6.07) is 11.2. The summed E-state index contributed by atoms with van der Waals surface area (Å²) < 4.78 is 0. The van der Waals surface area contributed by atoms with E-state index in [-0.39, 0.29) is 11.9 Å². The van der Waals surface area contributed by atoms with Gasteiger partial charge in [0.1, 0.15) is 0 Å². The smallest absolute Gasteiger partial charge is 0.254 e. The summed E-state index contributed by atoms with van der Waals surface area (Å²) in [5, 5.41) is 0. The van der Waals surface area contributed by atoms with Crippen LogP contribution in [-0.4, -0.2) is 21.8 Å². The third-order valence-electron chi connectivity index (χ3n) is 3.21. The zero-order valence-corrected chi connectivity index (χ0v) is 11.8. The number of carbonyl (C=O) groups is 1. The minimum absolute atomic E-state index is 0.00865. The van der Waals surface area contributed by atoms with E-state index in [0.29, 0.717) is 17.8 Å². The molecular formula is C16H19N3O. The van der Waals surface area contributed by atoms with Crippen molar-refractivity contribution < 1.29 is 4.79 Å². The fourth-order valence-corrected chi connectivity index (χ4v) is 2.01. The Morgan fingerprint density at radius 1 is 1.20 bits per heavy atom. The minimum Gasteiger partial charge on any atom is -0.398 e. The Labute approximate surface area is 119 Å². The number of rotatable bonds is 4. The van der Waals surface area contributed by atoms with Crippen LogP contribution in [0.4, 0.5) is 5.69 Å². The Kier molecular flexibility index (Phi) is 4.35. The van der Waals surface area contributed by atoms with Crippen LogP contribution in [0.25, 0.3) is 0 Å². The number of hydrogen-bond acceptors (Lipinski definition) is 3. The largest absolute Gasteiger partial charge is 0.398 e. The molecule has 0 radical (unpaired) electrons. The first-order valence-corrected chi connectivity index (χ1v) is 6.64. The maximum absolute atomic E-state index is 12.6. The van der Waals surface area contributed by atoms with Crippen molar-refractivity contribution in [3.05, 3.63) is 59.9 Å². The number of hydrogen-bond donors (Lipinski definition) is 1. The van der Waals surface area contributed by atoms with Gasteiger partial charge in [-0.25, -0.2) is 0 Å². The molecule has 4 nitrogen and oxygen atoms in total. The van der Waals surface area contributed by atoms with Crippen LogP contribution in [0, 0.1) is 0 Å². The first kappa shape index (κ1) is 14.1. The van der Waals surface area contributed by atoms with E-state index in [0.717, 1.165) is 5.56 Å². The highest BCUT2D eigenvalue weighted by Gasteiger charge is 2.19. The first-order chi connectivity index (χ1) is 9.59. The summed E-state index contributed by atoms with van der Waals surface area (Å²) in [4.78, 5) is 18.3. The summed E-state index contributed by atoms with van der Waals surface area (Å²) in [5.41, 5.74) is 8.27. The van der Waals surface area contributed by atoms with Gasteiger partial charge >= 0.3 is 0 Å². The van der Waals surface area contributed by atoms with Gasteiger partial charge in [-0.15, -0.1) is 0 Å². The van der Waals surface area contributed by atoms with Gasteiger partial charge in [0, 0.05) is 36.2 Å². The highest BCUT2D eigenvalue weighted by Crippen LogP contribution is 2.17. The molecule has 1 aromatic heterocycles. The number of nitrogen functional groups attached to an aromatic ring is 1. The van der Waals surface area contributed by atoms with E-state index >= 15 is 0 Å². The lowest BCUT2D eigenvalue weighted by Gasteiger charge is -2.27. The highest BCUT2D eigenvalue weighted by molar-refractivity contribution is 5.94. The molecule has 1 aromatic carbocycles. The van der Waals surface area contributed by atoms with E-state index in [4.69, 9.17) is 5.73 Å². The van der Waals surface area contributed by atoms with E-state index in [1.54, 1.807) is 29.4 Å². The second kappa shape index (κ2) is 6.19. The molecular weight excluding hydrogens is 250 g/mol. The molecule has 2 N–H and O–H groups in total. The Morgan fingerprint density at radius 3 is 2.45 bits per heavy atom. The number of anilines is 1. The van der Waals surface area contributed by atoms with Crippen LogP contribution in [-0.2, 0) is 6.54 Å². The molecule has 0 bridgehead atoms. The minimum atomic E-state index is -0.00865. The lowest BCUT2D eigenvalue weighted by atomic mass is 10.1. The normalized spacial score (nSPS) is 10.6. The molecule has 0 spiro atoms. The highest BCUT2D eigenvalue weighted by atomic mass is 16.2. The van der Waals surface area contributed by atoms with Crippen molar-refractivity contribution in [2.45, 2.75) is 26.4 Å². The van der Waals surface area contributed by atoms with Gasteiger partial charge < -0.3 is 10.6 Å². The van der Waals surface area contributed by atoms with Gasteiger partial charge in [-0.3, -0.25) is 9.78 Å². The van der Waals surface area contributed by atoms with Gasteiger partial charge in [0.05, 0.1) is 0 Å². The Balaban J connectivity index is 2.24. The third-order valence-corrected chi connectivity index (χ3v) is 3.21. The van der Waals surface area contributed by atoms with E-state index < -0.39 is 0 Å². The van der Waals surface area contributed by atoms with Gasteiger partial charge in [-0.2, -0.15) is 0 Å². The third kappa shape index (κ3) is 3.15. The van der Waals surface area contributed by atoms with Crippen molar-refractivity contribution in [1.29, 1.82) is 0 Å². The lowest BCUT2D eigenvalue weighted by molar-refractivity contribution is 0.0690. The van der Waals surface area contributed by atoms with Crippen molar-refractivity contribution >= 4 is 11.6 Å². The molecule has 0 saturated heterocycles. The van der Waals surface area contributed by atoms with E-state index in [1.807, 2.05) is 38.1 Å². The summed E-state index contributed by atoms with van der Waals surface area (Å²) in [6.45, 7) is 4.50. The quantitative estimate of drug-likeness (QED) is 0.868. The molecule has 2 rings (SSSR count). The predicted molar refractivity (Wildman–Crippen MR) is 80.1 cm³/mol. The molecule has 0 fully saturated rings. The second-order valence-corrected chi connectivity index (χ2v) is 4.96. The molecule has 0 aliphatic carbocycles. The second-order valence-electron chi connectivity index (χ2n) is 4.96. The van der Waals surface area contributed by atoms with Crippen molar-refractivity contribution in [3.8, 4) is 0 Å². The van der Waals surface area contributed by atoms with Crippen molar-refractivity contribution in [1.82, 2.24) is 9.88 Å². The van der Waals surface area contributed by atoms with Gasteiger partial charge in [0.15, 0.2) is 0 Å². The number of pyridine rings is 1. The molecule has 0 aliphatic heterocycles. The van der Waals surface area contributed by atoms with E-state index in [1.165, 1.54) is 0 Å². The standard InChI is InChI=1S/C16H19N3O/c1-12(2)19(11-14-5-3-4-6-15(14)17)16(20)13-7-9-18-10-8-13/h3-10,12H,11,17H2,1-2H3. The van der Waals surface area contributed by atoms with Gasteiger partial charge in [0.2, 0.25) is 0 Å². The number of nitrogens with zero attached hydrogens (tertiary/aromatic N) is 2. The maximum atomic E-state index is 12.6. The molecule has 1 heterocycles. The van der Waals surface area contributed by atoms with Gasteiger partial charge in [-0.05, 0) is 37.6 Å². The number of nitrogens with two attached hydrogens (primary N) is 1. The number of carbonyl (C=O) groups excluding carboxylic acids is 1. The number of para-hydroxylation sites is 1. The number of benzene rings is 1. The van der Waals surface area contributed by atoms with Crippen LogP contribution in [0.5, 0.6) is 0 Å². The van der Waals surface area contributed by atoms with Gasteiger partial charge in [0.25, 0.3) is 5.91 Å². The average molecular weight is 269 g/mol. The molecule has 1 amide bonds. The molecule has 0 unspecified atom stereocenters. The molecule has 4 heteroatoms. The Morgan fingerprint density at radius 2 is 1.85 bits per heavy atom.